The topological polar surface area (TPSA) is 24.4 Å². The van der Waals surface area contributed by atoms with Gasteiger partial charge in [-0.25, -0.2) is 0 Å². The number of anilines is 1. The lowest BCUT2D eigenvalue weighted by atomic mass is 10.2. The highest BCUT2D eigenvalue weighted by molar-refractivity contribution is 6.36. The van der Waals surface area contributed by atoms with Gasteiger partial charge in [-0.15, -0.1) is 0 Å². The molecule has 2 nitrogen and oxygen atoms in total. The van der Waals surface area contributed by atoms with Crippen molar-refractivity contribution in [3.05, 3.63) is 70.2 Å². The maximum atomic E-state index is 6.05. The molecule has 0 atom stereocenters. The maximum absolute atomic E-state index is 6.05. The molecule has 0 spiro atoms. The molecule has 0 unspecified atom stereocenters. The number of halogens is 2. The van der Waals surface area contributed by atoms with Crippen LogP contribution >= 0.6 is 23.2 Å². The van der Waals surface area contributed by atoms with Crippen molar-refractivity contribution in [3.63, 3.8) is 0 Å². The molecular formula is C16H14Cl2N2. The van der Waals surface area contributed by atoms with E-state index < -0.39 is 0 Å². The first-order valence-corrected chi connectivity index (χ1v) is 6.89. The molecule has 0 fully saturated rings. The van der Waals surface area contributed by atoms with Gasteiger partial charge in [-0.1, -0.05) is 59.6 Å². The van der Waals surface area contributed by atoms with Gasteiger partial charge in [-0.3, -0.25) is 5.43 Å². The Morgan fingerprint density at radius 3 is 2.55 bits per heavy atom. The standard InChI is InChI=1S/C16H14Cl2N2/c1-12(7-8-13-5-3-2-4-6-13)19-20-16-10-9-14(17)11-15(16)18/h2-11,20H,1H3/b8-7-,19-12+. The molecule has 20 heavy (non-hydrogen) atoms. The summed E-state index contributed by atoms with van der Waals surface area (Å²) < 4.78 is 0. The average Bonchev–Trinajstić information content (AvgIpc) is 2.45. The zero-order valence-corrected chi connectivity index (χ0v) is 12.5. The SMILES string of the molecule is CC(/C=C\c1ccccc1)=N\Nc1ccc(Cl)cc1Cl. The van der Waals surface area contributed by atoms with Crippen LogP contribution < -0.4 is 5.43 Å². The van der Waals surface area contributed by atoms with E-state index in [9.17, 15) is 0 Å². The number of benzene rings is 2. The Labute approximate surface area is 128 Å². The van der Waals surface area contributed by atoms with Crippen molar-refractivity contribution in [1.82, 2.24) is 0 Å². The second-order valence-electron chi connectivity index (χ2n) is 4.23. The number of hydrogen-bond acceptors (Lipinski definition) is 2. The fraction of sp³-hybridized carbons (Fsp3) is 0.0625. The Kier molecular flexibility index (Phi) is 5.22. The van der Waals surface area contributed by atoms with E-state index in [1.54, 1.807) is 18.2 Å². The van der Waals surface area contributed by atoms with E-state index in [0.29, 0.717) is 10.0 Å². The molecular weight excluding hydrogens is 291 g/mol. The first kappa shape index (κ1) is 14.6. The summed E-state index contributed by atoms with van der Waals surface area (Å²) >= 11 is 11.9. The number of allylic oxidation sites excluding steroid dienone is 1. The highest BCUT2D eigenvalue weighted by atomic mass is 35.5. The molecule has 2 aromatic carbocycles. The monoisotopic (exact) mass is 304 g/mol. The highest BCUT2D eigenvalue weighted by Gasteiger charge is 1.99. The van der Waals surface area contributed by atoms with Gasteiger partial charge in [0, 0.05) is 5.02 Å². The third-order valence-corrected chi connectivity index (χ3v) is 3.15. The van der Waals surface area contributed by atoms with Crippen LogP contribution in [0.3, 0.4) is 0 Å². The molecule has 2 aromatic rings. The fourth-order valence-corrected chi connectivity index (χ4v) is 2.00. The molecule has 2 rings (SSSR count). The number of nitrogens with one attached hydrogen (secondary N) is 1. The predicted molar refractivity (Wildman–Crippen MR) is 88.7 cm³/mol. The Morgan fingerprint density at radius 1 is 1.10 bits per heavy atom. The molecule has 102 valence electrons. The number of nitrogens with zero attached hydrogens (tertiary/aromatic N) is 1. The van der Waals surface area contributed by atoms with E-state index in [0.717, 1.165) is 17.0 Å². The van der Waals surface area contributed by atoms with Crippen molar-refractivity contribution < 1.29 is 0 Å². The van der Waals surface area contributed by atoms with Crippen LogP contribution in [0, 0.1) is 0 Å². The quantitative estimate of drug-likeness (QED) is 0.586. The van der Waals surface area contributed by atoms with Crippen molar-refractivity contribution in [1.29, 1.82) is 0 Å². The molecule has 0 aromatic heterocycles. The van der Waals surface area contributed by atoms with Gasteiger partial charge in [0.2, 0.25) is 0 Å². The Balaban J connectivity index is 2.02. The molecule has 0 aliphatic heterocycles. The van der Waals surface area contributed by atoms with Gasteiger partial charge in [0.15, 0.2) is 0 Å². The van der Waals surface area contributed by atoms with Gasteiger partial charge in [0.25, 0.3) is 0 Å². The minimum absolute atomic E-state index is 0.543. The summed E-state index contributed by atoms with van der Waals surface area (Å²) in [6.07, 6.45) is 3.94. The molecule has 1 N–H and O–H groups in total. The minimum atomic E-state index is 0.543. The molecule has 0 aliphatic rings. The zero-order valence-electron chi connectivity index (χ0n) is 11.0. The first-order chi connectivity index (χ1) is 9.65. The van der Waals surface area contributed by atoms with E-state index in [-0.39, 0.29) is 0 Å². The van der Waals surface area contributed by atoms with Crippen molar-refractivity contribution >= 4 is 40.7 Å². The van der Waals surface area contributed by atoms with Crippen LogP contribution in [0.25, 0.3) is 6.08 Å². The van der Waals surface area contributed by atoms with E-state index in [1.807, 2.05) is 49.4 Å². The van der Waals surface area contributed by atoms with Gasteiger partial charge in [0.1, 0.15) is 0 Å². The van der Waals surface area contributed by atoms with E-state index in [4.69, 9.17) is 23.2 Å². The lowest BCUT2D eigenvalue weighted by Gasteiger charge is -2.04. The first-order valence-electron chi connectivity index (χ1n) is 6.13. The van der Waals surface area contributed by atoms with Crippen molar-refractivity contribution in [2.24, 2.45) is 5.10 Å². The van der Waals surface area contributed by atoms with Crippen molar-refractivity contribution in [2.75, 3.05) is 5.43 Å². The van der Waals surface area contributed by atoms with Crippen LogP contribution in [0.1, 0.15) is 12.5 Å². The van der Waals surface area contributed by atoms with Crippen LogP contribution in [0.2, 0.25) is 10.0 Å². The third kappa shape index (κ3) is 4.41. The van der Waals surface area contributed by atoms with Crippen molar-refractivity contribution in [3.8, 4) is 0 Å². The Morgan fingerprint density at radius 2 is 1.85 bits per heavy atom. The van der Waals surface area contributed by atoms with E-state index >= 15 is 0 Å². The molecule has 0 heterocycles. The summed E-state index contributed by atoms with van der Waals surface area (Å²) in [5.41, 5.74) is 5.63. The van der Waals surface area contributed by atoms with Crippen LogP contribution in [-0.2, 0) is 0 Å². The minimum Gasteiger partial charge on any atom is -0.277 e. The molecule has 0 saturated carbocycles. The van der Waals surface area contributed by atoms with Crippen LogP contribution in [-0.4, -0.2) is 5.71 Å². The van der Waals surface area contributed by atoms with E-state index in [2.05, 4.69) is 10.5 Å². The summed E-state index contributed by atoms with van der Waals surface area (Å²) in [6, 6.07) is 15.3. The van der Waals surface area contributed by atoms with Gasteiger partial charge < -0.3 is 0 Å². The van der Waals surface area contributed by atoms with Crippen LogP contribution in [0.15, 0.2) is 59.7 Å². The summed E-state index contributed by atoms with van der Waals surface area (Å²) in [6.45, 7) is 1.91. The number of hydrogen-bond donors (Lipinski definition) is 1. The van der Waals surface area contributed by atoms with Crippen LogP contribution in [0.4, 0.5) is 5.69 Å². The molecule has 0 amide bonds. The average molecular weight is 305 g/mol. The normalized spacial score (nSPS) is 11.8. The summed E-state index contributed by atoms with van der Waals surface area (Å²) in [5.74, 6) is 0. The summed E-state index contributed by atoms with van der Waals surface area (Å²) in [4.78, 5) is 0. The van der Waals surface area contributed by atoms with Crippen LogP contribution in [0.5, 0.6) is 0 Å². The second kappa shape index (κ2) is 7.13. The highest BCUT2D eigenvalue weighted by Crippen LogP contribution is 2.25. The third-order valence-electron chi connectivity index (χ3n) is 2.60. The summed E-state index contributed by atoms with van der Waals surface area (Å²) in [5, 5.41) is 5.40. The number of hydrazone groups is 1. The molecule has 4 heteroatoms. The summed E-state index contributed by atoms with van der Waals surface area (Å²) in [7, 11) is 0. The van der Waals surface area contributed by atoms with Gasteiger partial charge in [0.05, 0.1) is 16.4 Å². The van der Waals surface area contributed by atoms with E-state index in [1.165, 1.54) is 0 Å². The van der Waals surface area contributed by atoms with Gasteiger partial charge in [-0.2, -0.15) is 5.10 Å². The largest absolute Gasteiger partial charge is 0.277 e. The zero-order chi connectivity index (χ0) is 14.4. The van der Waals surface area contributed by atoms with Gasteiger partial charge in [-0.05, 0) is 36.8 Å². The molecule has 0 aliphatic carbocycles. The number of rotatable bonds is 4. The smallest absolute Gasteiger partial charge is 0.0749 e. The molecule has 0 radical (unpaired) electrons. The Bertz CT molecular complexity index is 634. The van der Waals surface area contributed by atoms with Gasteiger partial charge >= 0.3 is 0 Å². The Hall–Kier alpha value is -1.77. The lowest BCUT2D eigenvalue weighted by Crippen LogP contribution is -1.94. The second-order valence-corrected chi connectivity index (χ2v) is 5.08. The fourth-order valence-electron chi connectivity index (χ4n) is 1.55. The molecule has 0 bridgehead atoms. The predicted octanol–water partition coefficient (Wildman–Crippen LogP) is 5.49. The lowest BCUT2D eigenvalue weighted by molar-refractivity contribution is 1.33. The maximum Gasteiger partial charge on any atom is 0.0749 e. The van der Waals surface area contributed by atoms with Crippen molar-refractivity contribution in [2.45, 2.75) is 6.92 Å². The molecule has 0 saturated heterocycles.